The summed E-state index contributed by atoms with van der Waals surface area (Å²) < 4.78 is 53.6. The zero-order valence-electron chi connectivity index (χ0n) is 24.9. The third kappa shape index (κ3) is 24.5. The molecule has 1 aromatic carbocycles. The van der Waals surface area contributed by atoms with Crippen LogP contribution in [-0.2, 0) is 52.2 Å². The lowest BCUT2D eigenvalue weighted by Gasteiger charge is -2.09. The molecule has 242 valence electrons. The van der Waals surface area contributed by atoms with Crippen LogP contribution in [0.1, 0.15) is 10.4 Å². The van der Waals surface area contributed by atoms with E-state index in [1.807, 2.05) is 7.05 Å². The van der Waals surface area contributed by atoms with Gasteiger partial charge in [-0.15, -0.1) is 0 Å². The van der Waals surface area contributed by atoms with Crippen molar-refractivity contribution in [2.75, 3.05) is 139 Å². The molecule has 0 amide bonds. The van der Waals surface area contributed by atoms with Gasteiger partial charge in [-0.05, 0) is 7.05 Å². The second-order valence-corrected chi connectivity index (χ2v) is 8.45. The van der Waals surface area contributed by atoms with E-state index in [1.165, 1.54) is 0 Å². The Morgan fingerprint density at radius 1 is 0.476 bits per heavy atom. The van der Waals surface area contributed by atoms with Crippen molar-refractivity contribution >= 4 is 11.8 Å². The molecule has 0 bridgehead atoms. The molecule has 0 radical (unpaired) electrons. The van der Waals surface area contributed by atoms with Crippen molar-refractivity contribution in [1.29, 1.82) is 0 Å². The number of Topliss-reactive ketones (excluding diaryl/α,β-unsaturated/α-hetero) is 1. The normalized spacial score (nSPS) is 11.2. The summed E-state index contributed by atoms with van der Waals surface area (Å²) in [6.07, 6.45) is 0. The fourth-order valence-corrected chi connectivity index (χ4v) is 3.00. The Kier molecular flexibility index (Phi) is 27.5. The van der Waals surface area contributed by atoms with Crippen molar-refractivity contribution in [3.63, 3.8) is 0 Å². The van der Waals surface area contributed by atoms with Crippen LogP contribution in [0, 0.1) is 0 Å². The summed E-state index contributed by atoms with van der Waals surface area (Å²) in [7, 11) is 1.89. The molecule has 0 aromatic heterocycles. The van der Waals surface area contributed by atoms with E-state index in [1.54, 1.807) is 30.3 Å². The summed E-state index contributed by atoms with van der Waals surface area (Å²) in [4.78, 5) is 23.6. The molecular formula is C29H49NO12. The Bertz CT molecular complexity index is 741. The largest absolute Gasteiger partial charge is 0.457 e. The average molecular weight is 604 g/mol. The second kappa shape index (κ2) is 30.4. The first-order chi connectivity index (χ1) is 20.8. The van der Waals surface area contributed by atoms with Crippen molar-refractivity contribution in [1.82, 2.24) is 5.32 Å². The lowest BCUT2D eigenvalue weighted by Crippen LogP contribution is -2.20. The number of rotatable bonds is 32. The van der Waals surface area contributed by atoms with Gasteiger partial charge < -0.3 is 52.7 Å². The van der Waals surface area contributed by atoms with Crippen molar-refractivity contribution in [2.24, 2.45) is 0 Å². The number of likely N-dealkylation sites (N-methyl/N-ethyl adjacent to an activating group) is 1. The van der Waals surface area contributed by atoms with E-state index in [9.17, 15) is 9.59 Å². The van der Waals surface area contributed by atoms with Crippen LogP contribution < -0.4 is 5.32 Å². The summed E-state index contributed by atoms with van der Waals surface area (Å²) in [5, 5.41) is 3.01. The molecule has 0 spiro atoms. The number of hydrogen-bond acceptors (Lipinski definition) is 13. The van der Waals surface area contributed by atoms with Gasteiger partial charge in [0.2, 0.25) is 0 Å². The van der Waals surface area contributed by atoms with Gasteiger partial charge in [0.15, 0.2) is 0 Å². The van der Waals surface area contributed by atoms with E-state index in [-0.39, 0.29) is 13.2 Å². The number of esters is 1. The topological polar surface area (TPSA) is 138 Å². The first-order valence-electron chi connectivity index (χ1n) is 14.4. The molecule has 13 nitrogen and oxygen atoms in total. The predicted molar refractivity (Wildman–Crippen MR) is 153 cm³/mol. The molecule has 0 unspecified atom stereocenters. The SMILES string of the molecule is CNCCOCCOCCOCCOCCOCCOCCOCCOCCOCCOC(=O)C(=O)c1ccccc1. The van der Waals surface area contributed by atoms with Crippen molar-refractivity contribution in [3.8, 4) is 0 Å². The third-order valence-corrected chi connectivity index (χ3v) is 5.15. The molecule has 1 N–H and O–H groups in total. The van der Waals surface area contributed by atoms with Gasteiger partial charge in [0.05, 0.1) is 119 Å². The highest BCUT2D eigenvalue weighted by Gasteiger charge is 2.17. The van der Waals surface area contributed by atoms with E-state index >= 15 is 0 Å². The van der Waals surface area contributed by atoms with Gasteiger partial charge in [0, 0.05) is 12.1 Å². The molecular weight excluding hydrogens is 554 g/mol. The monoisotopic (exact) mass is 603 g/mol. The minimum Gasteiger partial charge on any atom is -0.457 e. The summed E-state index contributed by atoms with van der Waals surface area (Å²) in [5.74, 6) is -1.57. The maximum Gasteiger partial charge on any atom is 0.379 e. The molecule has 1 rings (SSSR count). The summed E-state index contributed by atoms with van der Waals surface area (Å²) in [5.41, 5.74) is 0.298. The highest BCUT2D eigenvalue weighted by molar-refractivity contribution is 6.40. The lowest BCUT2D eigenvalue weighted by atomic mass is 10.1. The zero-order valence-corrected chi connectivity index (χ0v) is 24.9. The van der Waals surface area contributed by atoms with E-state index in [4.69, 9.17) is 47.4 Å². The van der Waals surface area contributed by atoms with E-state index in [0.717, 1.165) is 6.54 Å². The molecule has 13 heteroatoms. The lowest BCUT2D eigenvalue weighted by molar-refractivity contribution is -0.139. The van der Waals surface area contributed by atoms with Crippen LogP contribution in [0.4, 0.5) is 0 Å². The predicted octanol–water partition coefficient (Wildman–Crippen LogP) is 0.781. The summed E-state index contributed by atoms with van der Waals surface area (Å²) >= 11 is 0. The van der Waals surface area contributed by atoms with Crippen molar-refractivity contribution in [3.05, 3.63) is 35.9 Å². The van der Waals surface area contributed by atoms with E-state index < -0.39 is 11.8 Å². The molecule has 0 fully saturated rings. The molecule has 0 atom stereocenters. The molecule has 42 heavy (non-hydrogen) atoms. The van der Waals surface area contributed by atoms with Crippen LogP contribution in [0.15, 0.2) is 30.3 Å². The number of ether oxygens (including phenoxy) is 10. The van der Waals surface area contributed by atoms with Gasteiger partial charge in [-0.25, -0.2) is 4.79 Å². The van der Waals surface area contributed by atoms with Crippen molar-refractivity contribution < 1.29 is 57.0 Å². The average Bonchev–Trinajstić information content (AvgIpc) is 3.02. The van der Waals surface area contributed by atoms with Gasteiger partial charge in [-0.1, -0.05) is 30.3 Å². The number of benzene rings is 1. The fraction of sp³-hybridized carbons (Fsp3) is 0.724. The second-order valence-electron chi connectivity index (χ2n) is 8.45. The zero-order chi connectivity index (χ0) is 30.2. The number of nitrogens with one attached hydrogen (secondary N) is 1. The Morgan fingerprint density at radius 3 is 1.12 bits per heavy atom. The van der Waals surface area contributed by atoms with Crippen LogP contribution in [0.2, 0.25) is 0 Å². The third-order valence-electron chi connectivity index (χ3n) is 5.15. The summed E-state index contributed by atoms with van der Waals surface area (Å²) in [6, 6.07) is 8.26. The molecule has 0 saturated carbocycles. The Morgan fingerprint density at radius 2 is 0.786 bits per heavy atom. The van der Waals surface area contributed by atoms with Crippen LogP contribution in [0.5, 0.6) is 0 Å². The van der Waals surface area contributed by atoms with E-state index in [2.05, 4.69) is 5.32 Å². The standard InChI is InChI=1S/C29H49NO12/c1-30-7-8-33-9-10-34-11-12-35-13-14-36-15-16-37-17-18-38-19-20-39-21-22-40-23-24-41-25-26-42-29(32)28(31)27-5-3-2-4-6-27/h2-6,30H,7-26H2,1H3. The molecule has 0 aliphatic rings. The van der Waals surface area contributed by atoms with Crippen LogP contribution in [-0.4, -0.2) is 151 Å². The molecule has 1 aromatic rings. The fourth-order valence-electron chi connectivity index (χ4n) is 3.00. The Balaban J connectivity index is 1.68. The highest BCUT2D eigenvalue weighted by atomic mass is 16.6. The van der Waals surface area contributed by atoms with Crippen LogP contribution >= 0.6 is 0 Å². The van der Waals surface area contributed by atoms with Gasteiger partial charge in [-0.2, -0.15) is 0 Å². The molecule has 0 aliphatic heterocycles. The number of hydrogen-bond donors (Lipinski definition) is 1. The smallest absolute Gasteiger partial charge is 0.379 e. The highest BCUT2D eigenvalue weighted by Crippen LogP contribution is 2.01. The van der Waals surface area contributed by atoms with Gasteiger partial charge in [0.1, 0.15) is 6.61 Å². The van der Waals surface area contributed by atoms with Gasteiger partial charge >= 0.3 is 5.97 Å². The Labute approximate surface area is 249 Å². The number of carbonyl (C=O) groups excluding carboxylic acids is 2. The van der Waals surface area contributed by atoms with Crippen LogP contribution in [0.25, 0.3) is 0 Å². The Hall–Kier alpha value is -2.04. The maximum absolute atomic E-state index is 11.9. The van der Waals surface area contributed by atoms with Crippen LogP contribution in [0.3, 0.4) is 0 Å². The quantitative estimate of drug-likeness (QED) is 0.0538. The minimum absolute atomic E-state index is 0.000848. The first-order valence-corrected chi connectivity index (χ1v) is 14.4. The molecule has 0 heterocycles. The molecule has 0 aliphatic carbocycles. The van der Waals surface area contributed by atoms with E-state index in [0.29, 0.717) is 118 Å². The maximum atomic E-state index is 11.9. The number of ketones is 1. The van der Waals surface area contributed by atoms with Gasteiger partial charge in [0.25, 0.3) is 5.78 Å². The van der Waals surface area contributed by atoms with Gasteiger partial charge in [-0.3, -0.25) is 4.79 Å². The molecule has 0 saturated heterocycles. The minimum atomic E-state index is -0.895. The summed E-state index contributed by atoms with van der Waals surface area (Å²) in [6.45, 7) is 9.46. The van der Waals surface area contributed by atoms with Crippen molar-refractivity contribution in [2.45, 2.75) is 0 Å². The number of carbonyl (C=O) groups is 2. The first kappa shape index (κ1) is 38.0.